The van der Waals surface area contributed by atoms with Crippen molar-refractivity contribution in [2.75, 3.05) is 4.31 Å². The lowest BCUT2D eigenvalue weighted by Crippen LogP contribution is -2.41. The fourth-order valence-corrected chi connectivity index (χ4v) is 6.01. The van der Waals surface area contributed by atoms with Crippen LogP contribution in [0.15, 0.2) is 51.8 Å². The molecular weight excluding hydrogens is 458 g/mol. The molecule has 0 atom stereocenters. The third-order valence-corrected chi connectivity index (χ3v) is 7.96. The van der Waals surface area contributed by atoms with Gasteiger partial charge >= 0.3 is 0 Å². The van der Waals surface area contributed by atoms with E-state index in [0.29, 0.717) is 35.1 Å². The number of hydrogen-bond acceptors (Lipinski definition) is 7. The lowest BCUT2D eigenvalue weighted by Gasteiger charge is -2.29. The number of Topliss-reactive ketones (excluding diaryl/α,β-unsaturated/α-hetero) is 1. The van der Waals surface area contributed by atoms with Crippen LogP contribution in [0.25, 0.3) is 11.0 Å². The van der Waals surface area contributed by atoms with Crippen LogP contribution in [0.5, 0.6) is 0 Å². The van der Waals surface area contributed by atoms with Gasteiger partial charge in [0.2, 0.25) is 5.91 Å². The van der Waals surface area contributed by atoms with Crippen molar-refractivity contribution in [3.63, 3.8) is 0 Å². The maximum Gasteiger partial charge on any atom is 0.270 e. The number of amides is 1. The quantitative estimate of drug-likeness (QED) is 0.491. The number of carboxylic acids is 1. The summed E-state index contributed by atoms with van der Waals surface area (Å²) in [5.74, 6) is -2.27. The predicted octanol–water partition coefficient (Wildman–Crippen LogP) is 3.61. The van der Waals surface area contributed by atoms with Crippen molar-refractivity contribution >= 4 is 44.3 Å². The van der Waals surface area contributed by atoms with Gasteiger partial charge in [0.15, 0.2) is 5.78 Å². The van der Waals surface area contributed by atoms with E-state index in [1.165, 1.54) is 19.1 Å². The molecule has 0 bridgehead atoms. The molecule has 1 aromatic heterocycles. The highest BCUT2D eigenvalue weighted by Gasteiger charge is 2.36. The number of anilines is 1. The van der Waals surface area contributed by atoms with Gasteiger partial charge in [0.25, 0.3) is 10.0 Å². The van der Waals surface area contributed by atoms with Crippen LogP contribution in [-0.4, -0.2) is 26.1 Å². The molecule has 9 heteroatoms. The van der Waals surface area contributed by atoms with Gasteiger partial charge in [-0.05, 0) is 62.6 Å². The number of furan rings is 1. The van der Waals surface area contributed by atoms with E-state index in [9.17, 15) is 27.9 Å². The van der Waals surface area contributed by atoms with Crippen molar-refractivity contribution in [1.82, 2.24) is 0 Å². The fourth-order valence-electron chi connectivity index (χ4n) is 4.54. The zero-order chi connectivity index (χ0) is 24.6. The average molecular weight is 483 g/mol. The Kier molecular flexibility index (Phi) is 6.31. The zero-order valence-corrected chi connectivity index (χ0v) is 19.7. The van der Waals surface area contributed by atoms with Crippen molar-refractivity contribution in [3.8, 4) is 0 Å². The summed E-state index contributed by atoms with van der Waals surface area (Å²) in [5, 5.41) is 11.5. The van der Waals surface area contributed by atoms with E-state index >= 15 is 0 Å². The fraction of sp³-hybridized carbons (Fsp3) is 0.320. The summed E-state index contributed by atoms with van der Waals surface area (Å²) in [6.45, 7) is 3.04. The van der Waals surface area contributed by atoms with Crippen molar-refractivity contribution < 1.29 is 32.3 Å². The average Bonchev–Trinajstić information content (AvgIpc) is 3.15. The lowest BCUT2D eigenvalue weighted by molar-refractivity contribution is -0.255. The molecule has 1 saturated carbocycles. The lowest BCUT2D eigenvalue weighted by atomic mass is 9.88. The van der Waals surface area contributed by atoms with Gasteiger partial charge < -0.3 is 14.3 Å². The summed E-state index contributed by atoms with van der Waals surface area (Å²) in [7, 11) is -4.39. The third-order valence-electron chi connectivity index (χ3n) is 6.22. The molecule has 1 aliphatic rings. The van der Waals surface area contributed by atoms with E-state index in [1.807, 2.05) is 0 Å². The number of nitrogens with zero attached hydrogens (tertiary/aromatic N) is 1. The predicted molar refractivity (Wildman–Crippen MR) is 123 cm³/mol. The van der Waals surface area contributed by atoms with Crippen LogP contribution >= 0.6 is 0 Å². The number of rotatable bonds is 6. The molecule has 0 N–H and O–H groups in total. The summed E-state index contributed by atoms with van der Waals surface area (Å²) >= 11 is 0. The molecule has 0 saturated heterocycles. The second-order valence-corrected chi connectivity index (χ2v) is 10.3. The standard InChI is InChI=1S/C25H25NO7S/c1-15(27)23-16(2)33-22-13-10-19(14-21(22)23)26(24(28)17-6-4-3-5-7-17)34(31,32)20-11-8-18(9-12-20)25(29)30/h8-14,17H,3-7H2,1-2H3,(H,29,30)/p-1. The number of aromatic carboxylic acids is 1. The topological polar surface area (TPSA) is 125 Å². The van der Waals surface area contributed by atoms with Gasteiger partial charge in [0.05, 0.1) is 22.1 Å². The van der Waals surface area contributed by atoms with E-state index in [-0.39, 0.29) is 21.9 Å². The van der Waals surface area contributed by atoms with E-state index in [4.69, 9.17) is 4.42 Å². The van der Waals surface area contributed by atoms with E-state index in [1.54, 1.807) is 13.0 Å². The van der Waals surface area contributed by atoms with Crippen LogP contribution in [0.2, 0.25) is 0 Å². The Hall–Kier alpha value is -3.46. The SMILES string of the molecule is CC(=O)c1c(C)oc2ccc(N(C(=O)C3CCCCC3)S(=O)(=O)c3ccc(C(=O)[O-])cc3)cc12. The molecular formula is C25H24NO7S-. The molecule has 1 heterocycles. The smallest absolute Gasteiger partial charge is 0.270 e. The molecule has 178 valence electrons. The van der Waals surface area contributed by atoms with E-state index in [0.717, 1.165) is 47.8 Å². The minimum absolute atomic E-state index is 0.0929. The summed E-state index contributed by atoms with van der Waals surface area (Å²) in [6.07, 6.45) is 3.82. The first-order chi connectivity index (χ1) is 16.1. The Morgan fingerprint density at radius 3 is 2.24 bits per heavy atom. The summed E-state index contributed by atoms with van der Waals surface area (Å²) in [4.78, 5) is 36.7. The molecule has 1 aliphatic carbocycles. The third kappa shape index (κ3) is 4.23. The van der Waals surface area contributed by atoms with Gasteiger partial charge in [0, 0.05) is 11.3 Å². The molecule has 1 amide bonds. The minimum atomic E-state index is -4.39. The molecule has 8 nitrogen and oxygen atoms in total. The Morgan fingerprint density at radius 2 is 1.65 bits per heavy atom. The highest BCUT2D eigenvalue weighted by Crippen LogP contribution is 2.35. The number of hydrogen-bond donors (Lipinski definition) is 0. The van der Waals surface area contributed by atoms with Gasteiger partial charge in [-0.2, -0.15) is 0 Å². The number of sulfonamides is 1. The molecule has 0 spiro atoms. The maximum atomic E-state index is 13.7. The maximum absolute atomic E-state index is 13.7. The van der Waals surface area contributed by atoms with Gasteiger partial charge in [-0.25, -0.2) is 12.7 Å². The second kappa shape index (κ2) is 9.06. The van der Waals surface area contributed by atoms with Crippen LogP contribution in [-0.2, 0) is 14.8 Å². The highest BCUT2D eigenvalue weighted by atomic mass is 32.2. The summed E-state index contributed by atoms with van der Waals surface area (Å²) in [5.41, 5.74) is 0.658. The molecule has 0 aliphatic heterocycles. The van der Waals surface area contributed by atoms with Gasteiger partial charge in [-0.15, -0.1) is 0 Å². The molecule has 2 aromatic carbocycles. The number of carbonyl (C=O) groups excluding carboxylic acids is 3. The number of fused-ring (bicyclic) bond motifs is 1. The summed E-state index contributed by atoms with van der Waals surface area (Å²) < 4.78 is 33.8. The Morgan fingerprint density at radius 1 is 1.00 bits per heavy atom. The van der Waals surface area contributed by atoms with Crippen molar-refractivity contribution in [3.05, 3.63) is 59.4 Å². The first kappa shape index (κ1) is 23.7. The number of carbonyl (C=O) groups is 3. The number of ketones is 1. The van der Waals surface area contributed by atoms with E-state index in [2.05, 4.69) is 0 Å². The Balaban J connectivity index is 1.87. The molecule has 3 aromatic rings. The van der Waals surface area contributed by atoms with Gasteiger partial charge in [0.1, 0.15) is 11.3 Å². The van der Waals surface area contributed by atoms with Crippen LogP contribution in [0.4, 0.5) is 5.69 Å². The highest BCUT2D eigenvalue weighted by molar-refractivity contribution is 7.93. The van der Waals surface area contributed by atoms with Crippen LogP contribution < -0.4 is 9.41 Å². The van der Waals surface area contributed by atoms with Crippen LogP contribution in [0.1, 0.15) is 65.5 Å². The molecule has 0 unspecified atom stereocenters. The molecule has 0 radical (unpaired) electrons. The summed E-state index contributed by atoms with van der Waals surface area (Å²) in [6, 6.07) is 9.04. The zero-order valence-electron chi connectivity index (χ0n) is 18.9. The first-order valence-electron chi connectivity index (χ1n) is 11.1. The number of carboxylic acid groups (broad SMARTS) is 1. The van der Waals surface area contributed by atoms with E-state index < -0.39 is 27.8 Å². The number of benzene rings is 2. The second-order valence-electron chi connectivity index (χ2n) is 8.52. The largest absolute Gasteiger partial charge is 0.545 e. The normalized spacial score (nSPS) is 14.8. The molecule has 34 heavy (non-hydrogen) atoms. The van der Waals surface area contributed by atoms with Crippen molar-refractivity contribution in [2.24, 2.45) is 5.92 Å². The molecule has 4 rings (SSSR count). The van der Waals surface area contributed by atoms with Crippen LogP contribution in [0, 0.1) is 12.8 Å². The molecule has 1 fully saturated rings. The van der Waals surface area contributed by atoms with Gasteiger partial charge in [-0.3, -0.25) is 9.59 Å². The van der Waals surface area contributed by atoms with Gasteiger partial charge in [-0.1, -0.05) is 31.4 Å². The minimum Gasteiger partial charge on any atom is -0.545 e. The first-order valence-corrected chi connectivity index (χ1v) is 12.5. The van der Waals surface area contributed by atoms with Crippen molar-refractivity contribution in [1.29, 1.82) is 0 Å². The number of aryl methyl sites for hydroxylation is 1. The van der Waals surface area contributed by atoms with Crippen LogP contribution in [0.3, 0.4) is 0 Å². The van der Waals surface area contributed by atoms with Crippen molar-refractivity contribution in [2.45, 2.75) is 50.8 Å². The Bertz CT molecular complexity index is 1380. The monoisotopic (exact) mass is 482 g/mol. The Labute approximate surface area is 197 Å².